The van der Waals surface area contributed by atoms with Crippen molar-refractivity contribution in [3.8, 4) is 0 Å². The molecule has 1 fully saturated rings. The van der Waals surface area contributed by atoms with E-state index in [0.29, 0.717) is 0 Å². The Hall–Kier alpha value is -2.62. The molecule has 1 heterocycles. The lowest BCUT2D eigenvalue weighted by atomic mass is 9.90. The first kappa shape index (κ1) is 30.4. The Kier molecular flexibility index (Phi) is 10.8. The number of rotatable bonds is 10. The summed E-state index contributed by atoms with van der Waals surface area (Å²) < 4.78 is 42.2. The summed E-state index contributed by atoms with van der Waals surface area (Å²) in [5.74, 6) is -4.77. The van der Waals surface area contributed by atoms with Crippen LogP contribution in [0.5, 0.6) is 0 Å². The average molecular weight is 526 g/mol. The van der Waals surface area contributed by atoms with Crippen molar-refractivity contribution >= 4 is 37.5 Å². The molecule has 16 nitrogen and oxygen atoms in total. The molecule has 1 aliphatic rings. The van der Waals surface area contributed by atoms with Gasteiger partial charge in [-0.05, 0) is 32.6 Å². The van der Waals surface area contributed by atoms with Crippen LogP contribution in [-0.2, 0) is 47.2 Å². The van der Waals surface area contributed by atoms with E-state index < -0.39 is 80.5 Å². The van der Waals surface area contributed by atoms with Crippen LogP contribution < -0.4 is 10.2 Å². The van der Waals surface area contributed by atoms with Gasteiger partial charge in [0.15, 0.2) is 12.2 Å². The molecule has 1 aliphatic heterocycles. The number of methoxy groups -OCH3 is 1. The molecule has 5 atom stereocenters. The highest BCUT2D eigenvalue weighted by Gasteiger charge is 2.62. The second kappa shape index (κ2) is 12.4. The normalized spacial score (nSPS) is 28.7. The Morgan fingerprint density at radius 1 is 1.09 bits per heavy atom. The molecule has 0 aromatic rings. The fraction of sp³-hybridized carbons (Fsp3) is 0.722. The molecule has 0 aromatic carbocycles. The number of hydrogen-bond donors (Lipinski definition) is 2. The first-order valence-electron chi connectivity index (χ1n) is 9.92. The molecule has 2 N–H and O–H groups in total. The number of ether oxygens (including phenoxy) is 5. The van der Waals surface area contributed by atoms with E-state index in [-0.39, 0.29) is 0 Å². The van der Waals surface area contributed by atoms with Gasteiger partial charge in [0.2, 0.25) is 12.0 Å². The number of nitrogens with zero attached hydrogens (tertiary/aromatic N) is 2. The Bertz CT molecular complexity index is 874. The summed E-state index contributed by atoms with van der Waals surface area (Å²) in [7, 11) is -4.39. The van der Waals surface area contributed by atoms with E-state index in [1.54, 1.807) is 0 Å². The van der Waals surface area contributed by atoms with E-state index in [0.717, 1.165) is 34.8 Å². The van der Waals surface area contributed by atoms with Crippen LogP contribution in [0, 0.1) is 0 Å². The van der Waals surface area contributed by atoms with Crippen molar-refractivity contribution in [1.29, 1.82) is 0 Å². The van der Waals surface area contributed by atoms with Crippen LogP contribution in [0.15, 0.2) is 9.98 Å². The molecule has 0 bridgehead atoms. The number of aliphatic imine (C=N–C) groups is 2. The molecule has 0 amide bonds. The van der Waals surface area contributed by atoms with Gasteiger partial charge in [-0.25, -0.2) is 9.36 Å². The molecule has 1 rings (SSSR count). The first-order chi connectivity index (χ1) is 16.0. The lowest BCUT2D eigenvalue weighted by molar-refractivity contribution is -0.292. The molecule has 35 heavy (non-hydrogen) atoms. The third-order valence-corrected chi connectivity index (χ3v) is 4.74. The molecule has 0 saturated carbocycles. The maximum absolute atomic E-state index is 12.1. The molecular weight excluding hydrogens is 499 g/mol. The lowest BCUT2D eigenvalue weighted by Crippen LogP contribution is -2.68. The van der Waals surface area contributed by atoms with Gasteiger partial charge in [0, 0.05) is 13.8 Å². The highest BCUT2D eigenvalue weighted by Crippen LogP contribution is 2.47. The second-order valence-corrected chi connectivity index (χ2v) is 8.44. The van der Waals surface area contributed by atoms with Gasteiger partial charge in [0.1, 0.15) is 18.8 Å². The number of phosphoric acid groups is 1. The zero-order valence-corrected chi connectivity index (χ0v) is 20.6. The van der Waals surface area contributed by atoms with Gasteiger partial charge in [-0.1, -0.05) is 0 Å². The van der Waals surface area contributed by atoms with E-state index >= 15 is 0 Å². The van der Waals surface area contributed by atoms with E-state index in [9.17, 15) is 38.9 Å². The van der Waals surface area contributed by atoms with Crippen LogP contribution in [0.4, 0.5) is 0 Å². The van der Waals surface area contributed by atoms with Crippen LogP contribution in [0.25, 0.3) is 0 Å². The van der Waals surface area contributed by atoms with Crippen LogP contribution in [0.1, 0.15) is 34.6 Å². The largest absolute Gasteiger partial charge is 0.862 e. The predicted molar refractivity (Wildman–Crippen MR) is 109 cm³/mol. The van der Waals surface area contributed by atoms with Gasteiger partial charge in [-0.15, -0.1) is 0 Å². The van der Waals surface area contributed by atoms with Crippen LogP contribution in [0.2, 0.25) is 0 Å². The molecular formula is C18H27N2O14P-2. The quantitative estimate of drug-likeness (QED) is 0.0985. The van der Waals surface area contributed by atoms with Gasteiger partial charge in [-0.2, -0.15) is 0 Å². The number of phosphoric ester groups is 1. The number of carbonyl (C=O) groups is 3. The monoisotopic (exact) mass is 526 g/mol. The van der Waals surface area contributed by atoms with E-state index in [1.807, 2.05) is 0 Å². The summed E-state index contributed by atoms with van der Waals surface area (Å²) in [5, 5.41) is 24.2. The summed E-state index contributed by atoms with van der Waals surface area (Å²) in [4.78, 5) is 61.6. The second-order valence-electron chi connectivity index (χ2n) is 7.25. The zero-order valence-electron chi connectivity index (χ0n) is 19.7. The van der Waals surface area contributed by atoms with E-state index in [2.05, 4.69) is 19.2 Å². The number of carbonyl (C=O) groups excluding carboxylic acids is 3. The summed E-state index contributed by atoms with van der Waals surface area (Å²) in [6, 6.07) is 0. The molecule has 200 valence electrons. The molecule has 0 aromatic heterocycles. The molecule has 0 aliphatic carbocycles. The van der Waals surface area contributed by atoms with Gasteiger partial charge in [-0.3, -0.25) is 24.1 Å². The highest BCUT2D eigenvalue weighted by molar-refractivity contribution is 7.46. The minimum atomic E-state index is -5.43. The van der Waals surface area contributed by atoms with Crippen LogP contribution in [-0.4, -0.2) is 89.6 Å². The smallest absolute Gasteiger partial charge is 0.472 e. The Morgan fingerprint density at radius 2 is 1.63 bits per heavy atom. The zero-order chi connectivity index (χ0) is 27.1. The average Bonchev–Trinajstić information content (AvgIpc) is 2.68. The van der Waals surface area contributed by atoms with E-state index in [1.165, 1.54) is 6.92 Å². The SMILES string of the molecule is COC(=O)[C@@H](C)O[C@H]1[C@H](OC(C)=O)[C@@H](COC(C)=O)O[C@H](OP(=O)(O)O)C1(N=C(C)[O-])N=C(C)[O-]. The molecule has 0 unspecified atom stereocenters. The fourth-order valence-corrected chi connectivity index (χ4v) is 3.63. The molecule has 0 spiro atoms. The predicted octanol–water partition coefficient (Wildman–Crippen LogP) is -2.48. The standard InChI is InChI=1S/C18H29N2O14P/c1-8(16(25)29-6)31-15-14(32-12(5)24)13(7-30-11(4)23)33-17(34-35(26,27)28)18(15,19-9(2)21)20-10(3)22/h8,13-15,17H,7H2,1-6H3,(H,19,21)(H,20,22)(H2,26,27,28)/p-2/t8-,13-,14-,15+,17-/m1/s1. The summed E-state index contributed by atoms with van der Waals surface area (Å²) in [6.07, 6.45) is -8.96. The van der Waals surface area contributed by atoms with Crippen molar-refractivity contribution in [2.75, 3.05) is 13.7 Å². The third-order valence-electron chi connectivity index (χ3n) is 4.27. The fourth-order valence-electron chi connectivity index (χ4n) is 3.18. The third kappa shape index (κ3) is 8.83. The van der Waals surface area contributed by atoms with Gasteiger partial charge in [0.25, 0.3) is 0 Å². The molecule has 0 radical (unpaired) electrons. The highest BCUT2D eigenvalue weighted by atomic mass is 31.2. The van der Waals surface area contributed by atoms with Crippen molar-refractivity contribution < 1.29 is 67.2 Å². The summed E-state index contributed by atoms with van der Waals surface area (Å²) in [5.41, 5.74) is -2.73. The topological polar surface area (TPSA) is 235 Å². The Balaban J connectivity index is 3.92. The first-order valence-corrected chi connectivity index (χ1v) is 11.5. The molecule has 17 heteroatoms. The lowest BCUT2D eigenvalue weighted by Gasteiger charge is -2.50. The minimum absolute atomic E-state index is 0.670. The van der Waals surface area contributed by atoms with Crippen molar-refractivity contribution in [3.63, 3.8) is 0 Å². The van der Waals surface area contributed by atoms with Crippen LogP contribution in [0.3, 0.4) is 0 Å². The Morgan fingerprint density at radius 3 is 2.03 bits per heavy atom. The van der Waals surface area contributed by atoms with E-state index in [4.69, 9.17) is 18.9 Å². The van der Waals surface area contributed by atoms with Gasteiger partial charge >= 0.3 is 25.7 Å². The Labute approximate surface area is 200 Å². The maximum Gasteiger partial charge on any atom is 0.472 e. The van der Waals surface area contributed by atoms with Crippen molar-refractivity contribution in [3.05, 3.63) is 0 Å². The maximum atomic E-state index is 12.1. The minimum Gasteiger partial charge on any atom is -0.862 e. The summed E-state index contributed by atoms with van der Waals surface area (Å²) >= 11 is 0. The number of esters is 3. The van der Waals surface area contributed by atoms with Crippen LogP contribution >= 0.6 is 7.82 Å². The van der Waals surface area contributed by atoms with Crippen molar-refractivity contribution in [1.82, 2.24) is 0 Å². The van der Waals surface area contributed by atoms with Gasteiger partial charge < -0.3 is 43.7 Å². The van der Waals surface area contributed by atoms with Crippen molar-refractivity contribution in [2.24, 2.45) is 9.98 Å². The molecule has 1 saturated heterocycles. The number of hydrogen-bond acceptors (Lipinski definition) is 14. The van der Waals surface area contributed by atoms with Crippen molar-refractivity contribution in [2.45, 2.75) is 71.0 Å². The van der Waals surface area contributed by atoms with Gasteiger partial charge in [0.05, 0.1) is 7.11 Å². The summed E-state index contributed by atoms with van der Waals surface area (Å²) in [6.45, 7) is 4.38.